The van der Waals surface area contributed by atoms with Crippen LogP contribution in [-0.4, -0.2) is 28.4 Å². The van der Waals surface area contributed by atoms with Gasteiger partial charge < -0.3 is 14.5 Å². The van der Waals surface area contributed by atoms with Gasteiger partial charge in [-0.25, -0.2) is 0 Å². The maximum Gasteiger partial charge on any atom is 0.259 e. The summed E-state index contributed by atoms with van der Waals surface area (Å²) in [7, 11) is 0. The lowest BCUT2D eigenvalue weighted by Gasteiger charge is -2.08. The minimum atomic E-state index is -0.187. The number of anilines is 1. The molecule has 0 radical (unpaired) electrons. The highest BCUT2D eigenvalue weighted by molar-refractivity contribution is 6.04. The Morgan fingerprint density at radius 1 is 1.60 bits per heavy atom. The second-order valence-electron chi connectivity index (χ2n) is 4.93. The number of rotatable bonds is 4. The number of hydrogen-bond donors (Lipinski definition) is 1. The molecule has 1 unspecified atom stereocenters. The maximum atomic E-state index is 12.0. The molecule has 1 saturated heterocycles. The van der Waals surface area contributed by atoms with Gasteiger partial charge in [-0.2, -0.15) is 5.10 Å². The van der Waals surface area contributed by atoms with Gasteiger partial charge in [0.1, 0.15) is 5.76 Å². The average molecular weight is 275 g/mol. The van der Waals surface area contributed by atoms with Crippen LogP contribution in [0.3, 0.4) is 0 Å². The van der Waals surface area contributed by atoms with Crippen LogP contribution in [0.5, 0.6) is 0 Å². The zero-order chi connectivity index (χ0) is 13.9. The van der Waals surface area contributed by atoms with Gasteiger partial charge in [-0.05, 0) is 25.8 Å². The summed E-state index contributed by atoms with van der Waals surface area (Å²) in [5, 5.41) is 7.04. The fourth-order valence-electron chi connectivity index (χ4n) is 2.34. The molecule has 2 aromatic heterocycles. The van der Waals surface area contributed by atoms with Crippen LogP contribution in [0.15, 0.2) is 29.1 Å². The van der Waals surface area contributed by atoms with E-state index < -0.39 is 0 Å². The third-order valence-corrected chi connectivity index (χ3v) is 3.41. The highest BCUT2D eigenvalue weighted by atomic mass is 16.5. The highest BCUT2D eigenvalue weighted by Gasteiger charge is 2.17. The molecule has 0 bridgehead atoms. The van der Waals surface area contributed by atoms with Crippen LogP contribution in [0.2, 0.25) is 0 Å². The Labute approximate surface area is 116 Å². The quantitative estimate of drug-likeness (QED) is 0.928. The highest BCUT2D eigenvalue weighted by Crippen LogP contribution is 2.16. The maximum absolute atomic E-state index is 12.0. The van der Waals surface area contributed by atoms with Gasteiger partial charge in [0.05, 0.1) is 36.4 Å². The molecule has 2 aromatic rings. The van der Waals surface area contributed by atoms with Crippen LogP contribution >= 0.6 is 0 Å². The molecule has 1 aliphatic rings. The van der Waals surface area contributed by atoms with Gasteiger partial charge in [-0.1, -0.05) is 0 Å². The monoisotopic (exact) mass is 275 g/mol. The summed E-state index contributed by atoms with van der Waals surface area (Å²) in [5.41, 5.74) is 1.21. The van der Waals surface area contributed by atoms with Crippen molar-refractivity contribution in [2.24, 2.45) is 0 Å². The van der Waals surface area contributed by atoms with E-state index in [0.717, 1.165) is 26.0 Å². The number of carbonyl (C=O) groups excluding carboxylic acids is 1. The van der Waals surface area contributed by atoms with E-state index in [0.29, 0.717) is 17.0 Å². The van der Waals surface area contributed by atoms with E-state index in [4.69, 9.17) is 9.15 Å². The minimum absolute atomic E-state index is 0.187. The van der Waals surface area contributed by atoms with Gasteiger partial charge in [0.15, 0.2) is 0 Å². The van der Waals surface area contributed by atoms with E-state index in [1.807, 2.05) is 6.20 Å². The van der Waals surface area contributed by atoms with Crippen molar-refractivity contribution in [3.05, 3.63) is 36.0 Å². The fourth-order valence-corrected chi connectivity index (χ4v) is 2.34. The lowest BCUT2D eigenvalue weighted by atomic mass is 10.2. The summed E-state index contributed by atoms with van der Waals surface area (Å²) >= 11 is 0. The molecule has 0 aromatic carbocycles. The molecular formula is C14H17N3O3. The number of ether oxygens (including phenoxy) is 1. The second kappa shape index (κ2) is 5.50. The zero-order valence-electron chi connectivity index (χ0n) is 11.3. The summed E-state index contributed by atoms with van der Waals surface area (Å²) < 4.78 is 12.5. The second-order valence-corrected chi connectivity index (χ2v) is 4.93. The van der Waals surface area contributed by atoms with Crippen molar-refractivity contribution >= 4 is 11.6 Å². The van der Waals surface area contributed by atoms with Gasteiger partial charge in [0.25, 0.3) is 5.91 Å². The molecule has 3 rings (SSSR count). The number of aryl methyl sites for hydroxylation is 1. The molecule has 3 heterocycles. The van der Waals surface area contributed by atoms with Gasteiger partial charge in [-0.15, -0.1) is 0 Å². The molecule has 1 aliphatic heterocycles. The van der Waals surface area contributed by atoms with E-state index in [2.05, 4.69) is 10.4 Å². The number of nitrogens with one attached hydrogen (secondary N) is 1. The van der Waals surface area contributed by atoms with Crippen molar-refractivity contribution in [2.45, 2.75) is 32.4 Å². The summed E-state index contributed by atoms with van der Waals surface area (Å²) in [4.78, 5) is 12.0. The first-order valence-electron chi connectivity index (χ1n) is 6.72. The normalized spacial score (nSPS) is 18.4. The smallest absolute Gasteiger partial charge is 0.259 e. The zero-order valence-corrected chi connectivity index (χ0v) is 11.3. The molecule has 106 valence electrons. The van der Waals surface area contributed by atoms with Gasteiger partial charge >= 0.3 is 0 Å². The Kier molecular flexibility index (Phi) is 3.56. The van der Waals surface area contributed by atoms with E-state index in [9.17, 15) is 4.79 Å². The number of carbonyl (C=O) groups is 1. The van der Waals surface area contributed by atoms with Gasteiger partial charge in [0.2, 0.25) is 0 Å². The summed E-state index contributed by atoms with van der Waals surface area (Å²) in [6.07, 6.45) is 7.36. The Balaban J connectivity index is 1.62. The number of aromatic nitrogens is 2. The molecule has 20 heavy (non-hydrogen) atoms. The molecule has 1 atom stereocenters. The Morgan fingerprint density at radius 3 is 3.20 bits per heavy atom. The Morgan fingerprint density at radius 2 is 2.50 bits per heavy atom. The van der Waals surface area contributed by atoms with Gasteiger partial charge in [0, 0.05) is 12.8 Å². The van der Waals surface area contributed by atoms with Crippen LogP contribution in [0.25, 0.3) is 0 Å². The minimum Gasteiger partial charge on any atom is -0.469 e. The lowest BCUT2D eigenvalue weighted by molar-refractivity contribution is 0.0940. The summed E-state index contributed by atoms with van der Waals surface area (Å²) in [5.74, 6) is 0.419. The van der Waals surface area contributed by atoms with Crippen LogP contribution in [0, 0.1) is 6.92 Å². The first kappa shape index (κ1) is 12.9. The first-order valence-corrected chi connectivity index (χ1v) is 6.72. The largest absolute Gasteiger partial charge is 0.469 e. The van der Waals surface area contributed by atoms with E-state index in [1.54, 1.807) is 23.9 Å². The molecular weight excluding hydrogens is 258 g/mol. The van der Waals surface area contributed by atoms with Crippen molar-refractivity contribution < 1.29 is 13.9 Å². The van der Waals surface area contributed by atoms with Crippen molar-refractivity contribution in [1.29, 1.82) is 0 Å². The average Bonchev–Trinajstić information content (AvgIpc) is 3.12. The molecule has 0 aliphatic carbocycles. The topological polar surface area (TPSA) is 69.3 Å². The van der Waals surface area contributed by atoms with Crippen LogP contribution in [0.4, 0.5) is 5.69 Å². The fraction of sp³-hybridized carbons (Fsp3) is 0.429. The predicted molar refractivity (Wildman–Crippen MR) is 72.6 cm³/mol. The van der Waals surface area contributed by atoms with Crippen molar-refractivity contribution in [3.63, 3.8) is 0 Å². The van der Waals surface area contributed by atoms with Crippen LogP contribution in [0.1, 0.15) is 29.0 Å². The molecule has 0 spiro atoms. The molecule has 0 saturated carbocycles. The molecule has 1 N–H and O–H groups in total. The SMILES string of the molecule is Cc1occc1C(=O)Nc1cnn(CC2CCCO2)c1. The Bertz CT molecular complexity index is 596. The molecule has 6 nitrogen and oxygen atoms in total. The van der Waals surface area contributed by atoms with E-state index in [-0.39, 0.29) is 12.0 Å². The van der Waals surface area contributed by atoms with Crippen LogP contribution in [-0.2, 0) is 11.3 Å². The summed E-state index contributed by atoms with van der Waals surface area (Å²) in [6.45, 7) is 3.31. The molecule has 6 heteroatoms. The van der Waals surface area contributed by atoms with E-state index in [1.165, 1.54) is 6.26 Å². The third-order valence-electron chi connectivity index (χ3n) is 3.41. The third kappa shape index (κ3) is 2.75. The number of nitrogens with zero attached hydrogens (tertiary/aromatic N) is 2. The number of furan rings is 1. The Hall–Kier alpha value is -2.08. The molecule has 1 amide bonds. The van der Waals surface area contributed by atoms with Crippen LogP contribution < -0.4 is 5.32 Å². The van der Waals surface area contributed by atoms with Crippen molar-refractivity contribution in [2.75, 3.05) is 11.9 Å². The van der Waals surface area contributed by atoms with Gasteiger partial charge in [-0.3, -0.25) is 9.48 Å². The van der Waals surface area contributed by atoms with E-state index >= 15 is 0 Å². The standard InChI is InChI=1S/C14H17N3O3/c1-10-13(4-6-19-10)14(18)16-11-7-15-17(8-11)9-12-3-2-5-20-12/h4,6-8,12H,2-3,5,9H2,1H3,(H,16,18). The predicted octanol–water partition coefficient (Wildman–Crippen LogP) is 2.22. The molecule has 1 fully saturated rings. The summed E-state index contributed by atoms with van der Waals surface area (Å²) in [6, 6.07) is 1.65. The lowest BCUT2D eigenvalue weighted by Crippen LogP contribution is -2.15. The van der Waals surface area contributed by atoms with Crippen molar-refractivity contribution in [3.8, 4) is 0 Å². The van der Waals surface area contributed by atoms with Crippen molar-refractivity contribution in [1.82, 2.24) is 9.78 Å². The number of amides is 1. The first-order chi connectivity index (χ1) is 9.72. The number of hydrogen-bond acceptors (Lipinski definition) is 4.